The summed E-state index contributed by atoms with van der Waals surface area (Å²) in [4.78, 5) is 4.77. The molecule has 3 aromatic rings. The Kier molecular flexibility index (Phi) is 4.96. The van der Waals surface area contributed by atoms with E-state index in [1.165, 1.54) is 11.1 Å². The summed E-state index contributed by atoms with van der Waals surface area (Å²) in [6.07, 6.45) is 1.12. The quantitative estimate of drug-likeness (QED) is 0.709. The van der Waals surface area contributed by atoms with E-state index >= 15 is 0 Å². The second kappa shape index (κ2) is 7.52. The van der Waals surface area contributed by atoms with Crippen LogP contribution >= 0.6 is 0 Å². The van der Waals surface area contributed by atoms with Gasteiger partial charge in [-0.15, -0.1) is 0 Å². The molecule has 4 nitrogen and oxygen atoms in total. The molecule has 0 aromatic heterocycles. The van der Waals surface area contributed by atoms with Crippen LogP contribution in [0.15, 0.2) is 48.5 Å². The first-order valence-electron chi connectivity index (χ1n) is 9.38. The summed E-state index contributed by atoms with van der Waals surface area (Å²) in [6, 6.07) is 16.4. The topological polar surface area (TPSA) is 35.9 Å². The highest BCUT2D eigenvalue weighted by molar-refractivity contribution is 6.06. The van der Waals surface area contributed by atoms with Crippen LogP contribution in [0.5, 0.6) is 5.75 Å². The van der Waals surface area contributed by atoms with Gasteiger partial charge in [0.1, 0.15) is 5.75 Å². The summed E-state index contributed by atoms with van der Waals surface area (Å²) in [6.45, 7) is 5.88. The maximum absolute atomic E-state index is 10.3. The highest BCUT2D eigenvalue weighted by Crippen LogP contribution is 2.35. The number of ether oxygens (including phenoxy) is 1. The monoisotopic (exact) mass is 350 g/mol. The van der Waals surface area contributed by atoms with Crippen molar-refractivity contribution in [1.29, 1.82) is 0 Å². The number of fused-ring (bicyclic) bond motifs is 2. The van der Waals surface area contributed by atoms with Crippen LogP contribution in [0.3, 0.4) is 0 Å². The van der Waals surface area contributed by atoms with Crippen LogP contribution in [0.1, 0.15) is 6.42 Å². The number of rotatable bonds is 5. The highest BCUT2D eigenvalue weighted by Gasteiger charge is 2.13. The molecule has 1 N–H and O–H groups in total. The molecule has 0 bridgehead atoms. The van der Waals surface area contributed by atoms with Crippen LogP contribution in [0, 0.1) is 0 Å². The first-order chi connectivity index (χ1) is 12.7. The SMILES string of the molecule is CN(CCCN1CCOCC1)c1ccc(O)c2cc3ccccc3cc12. The Balaban J connectivity index is 1.56. The lowest BCUT2D eigenvalue weighted by Crippen LogP contribution is -2.37. The van der Waals surface area contributed by atoms with Gasteiger partial charge in [0.15, 0.2) is 0 Å². The van der Waals surface area contributed by atoms with Crippen molar-refractivity contribution in [2.45, 2.75) is 6.42 Å². The van der Waals surface area contributed by atoms with E-state index in [1.807, 2.05) is 18.2 Å². The minimum atomic E-state index is 0.344. The number of morpholine rings is 1. The zero-order valence-corrected chi connectivity index (χ0v) is 15.3. The predicted molar refractivity (Wildman–Crippen MR) is 108 cm³/mol. The summed E-state index contributed by atoms with van der Waals surface area (Å²) in [5.74, 6) is 0.344. The molecular formula is C22H26N2O2. The van der Waals surface area contributed by atoms with Gasteiger partial charge in [-0.05, 0) is 41.5 Å². The van der Waals surface area contributed by atoms with Crippen molar-refractivity contribution in [2.75, 3.05) is 51.3 Å². The average molecular weight is 350 g/mol. The predicted octanol–water partition coefficient (Wildman–Crippen LogP) is 3.86. The lowest BCUT2D eigenvalue weighted by Gasteiger charge is -2.28. The van der Waals surface area contributed by atoms with Gasteiger partial charge < -0.3 is 14.7 Å². The molecule has 4 rings (SSSR count). The zero-order valence-electron chi connectivity index (χ0n) is 15.3. The smallest absolute Gasteiger partial charge is 0.123 e. The molecule has 0 unspecified atom stereocenters. The third-order valence-electron chi connectivity index (χ3n) is 5.32. The number of benzene rings is 3. The normalized spacial score (nSPS) is 15.6. The Bertz CT molecular complexity index is 903. The van der Waals surface area contributed by atoms with E-state index in [1.54, 1.807) is 0 Å². The van der Waals surface area contributed by atoms with Crippen molar-refractivity contribution in [3.05, 3.63) is 48.5 Å². The summed E-state index contributed by atoms with van der Waals surface area (Å²) in [7, 11) is 2.14. The van der Waals surface area contributed by atoms with Crippen molar-refractivity contribution < 1.29 is 9.84 Å². The van der Waals surface area contributed by atoms with E-state index in [0.29, 0.717) is 5.75 Å². The van der Waals surface area contributed by atoms with Gasteiger partial charge in [0, 0.05) is 49.7 Å². The molecule has 136 valence electrons. The Labute approximate surface area is 154 Å². The van der Waals surface area contributed by atoms with Gasteiger partial charge in [0.2, 0.25) is 0 Å². The molecule has 0 aliphatic carbocycles. The minimum Gasteiger partial charge on any atom is -0.507 e. The molecule has 26 heavy (non-hydrogen) atoms. The largest absolute Gasteiger partial charge is 0.507 e. The van der Waals surface area contributed by atoms with Crippen LogP contribution in [0.25, 0.3) is 21.5 Å². The number of phenols is 1. The zero-order chi connectivity index (χ0) is 17.9. The fourth-order valence-electron chi connectivity index (χ4n) is 3.81. The van der Waals surface area contributed by atoms with Crippen molar-refractivity contribution in [3.8, 4) is 5.75 Å². The third-order valence-corrected chi connectivity index (χ3v) is 5.32. The molecule has 1 heterocycles. The van der Waals surface area contributed by atoms with E-state index in [4.69, 9.17) is 4.74 Å². The van der Waals surface area contributed by atoms with Crippen LogP contribution in [0.2, 0.25) is 0 Å². The summed E-state index contributed by atoms with van der Waals surface area (Å²) >= 11 is 0. The second-order valence-corrected chi connectivity index (χ2v) is 7.08. The number of aromatic hydroxyl groups is 1. The summed E-state index contributed by atoms with van der Waals surface area (Å²) in [5.41, 5.74) is 1.17. The average Bonchev–Trinajstić information content (AvgIpc) is 2.68. The van der Waals surface area contributed by atoms with Crippen LogP contribution in [-0.2, 0) is 4.74 Å². The van der Waals surface area contributed by atoms with Gasteiger partial charge in [-0.2, -0.15) is 0 Å². The molecule has 1 saturated heterocycles. The molecule has 1 fully saturated rings. The first-order valence-corrected chi connectivity index (χ1v) is 9.38. The lowest BCUT2D eigenvalue weighted by molar-refractivity contribution is 0.0377. The molecule has 0 atom stereocenters. The Morgan fingerprint density at radius 3 is 2.42 bits per heavy atom. The Morgan fingerprint density at radius 1 is 1.00 bits per heavy atom. The van der Waals surface area contributed by atoms with Crippen LogP contribution in [0.4, 0.5) is 5.69 Å². The standard InChI is InChI=1S/C22H26N2O2/c1-23(9-4-10-24-11-13-26-14-12-24)21-7-8-22(25)20-16-18-6-3-2-5-17(18)15-19(20)21/h2-3,5-8,15-16,25H,4,9-14H2,1H3. The number of nitrogens with zero attached hydrogens (tertiary/aromatic N) is 2. The molecule has 3 aromatic carbocycles. The van der Waals surface area contributed by atoms with Crippen molar-refractivity contribution in [3.63, 3.8) is 0 Å². The molecule has 0 radical (unpaired) electrons. The summed E-state index contributed by atoms with van der Waals surface area (Å²) in [5, 5.41) is 14.7. The number of hydrogen-bond acceptors (Lipinski definition) is 4. The Morgan fingerprint density at radius 2 is 1.69 bits per heavy atom. The molecule has 0 spiro atoms. The molecular weight excluding hydrogens is 324 g/mol. The maximum atomic E-state index is 10.3. The van der Waals surface area contributed by atoms with E-state index in [2.05, 4.69) is 47.2 Å². The molecule has 1 aliphatic heterocycles. The molecule has 1 aliphatic rings. The third kappa shape index (κ3) is 3.48. The van der Waals surface area contributed by atoms with Gasteiger partial charge in [-0.1, -0.05) is 24.3 Å². The van der Waals surface area contributed by atoms with E-state index < -0.39 is 0 Å². The van der Waals surface area contributed by atoms with Crippen molar-refractivity contribution in [1.82, 2.24) is 4.90 Å². The number of phenolic OH excluding ortho intramolecular Hbond substituents is 1. The van der Waals surface area contributed by atoms with Gasteiger partial charge in [0.25, 0.3) is 0 Å². The van der Waals surface area contributed by atoms with E-state index in [0.717, 1.165) is 62.0 Å². The van der Waals surface area contributed by atoms with Gasteiger partial charge >= 0.3 is 0 Å². The Hall–Kier alpha value is -2.30. The number of anilines is 1. The summed E-state index contributed by atoms with van der Waals surface area (Å²) < 4.78 is 5.42. The highest BCUT2D eigenvalue weighted by atomic mass is 16.5. The molecule has 0 saturated carbocycles. The van der Waals surface area contributed by atoms with Gasteiger partial charge in [-0.3, -0.25) is 4.90 Å². The van der Waals surface area contributed by atoms with Crippen molar-refractivity contribution in [2.24, 2.45) is 0 Å². The second-order valence-electron chi connectivity index (χ2n) is 7.08. The minimum absolute atomic E-state index is 0.344. The van der Waals surface area contributed by atoms with E-state index in [9.17, 15) is 5.11 Å². The fraction of sp³-hybridized carbons (Fsp3) is 0.364. The molecule has 4 heteroatoms. The van der Waals surface area contributed by atoms with Crippen molar-refractivity contribution >= 4 is 27.2 Å². The first kappa shape index (κ1) is 17.1. The van der Waals surface area contributed by atoms with Crippen LogP contribution < -0.4 is 4.90 Å². The fourth-order valence-corrected chi connectivity index (χ4v) is 3.81. The lowest BCUT2D eigenvalue weighted by atomic mass is 10.0. The molecule has 0 amide bonds. The maximum Gasteiger partial charge on any atom is 0.123 e. The van der Waals surface area contributed by atoms with Gasteiger partial charge in [-0.25, -0.2) is 0 Å². The van der Waals surface area contributed by atoms with E-state index in [-0.39, 0.29) is 0 Å². The van der Waals surface area contributed by atoms with Gasteiger partial charge in [0.05, 0.1) is 13.2 Å². The number of hydrogen-bond donors (Lipinski definition) is 1. The van der Waals surface area contributed by atoms with Crippen LogP contribution in [-0.4, -0.2) is 56.4 Å².